The van der Waals surface area contributed by atoms with E-state index in [1.165, 1.54) is 12.5 Å². The molecule has 1 N–H and O–H groups in total. The van der Waals surface area contributed by atoms with Gasteiger partial charge in [0, 0.05) is 31.4 Å². The van der Waals surface area contributed by atoms with Crippen LogP contribution in [0.3, 0.4) is 0 Å². The minimum atomic E-state index is -0.230. The van der Waals surface area contributed by atoms with E-state index in [0.29, 0.717) is 37.0 Å². The summed E-state index contributed by atoms with van der Waals surface area (Å²) in [5.74, 6) is 0.488. The van der Waals surface area contributed by atoms with Gasteiger partial charge in [0.15, 0.2) is 0 Å². The second-order valence-corrected chi connectivity index (χ2v) is 11.1. The number of anilines is 1. The summed E-state index contributed by atoms with van der Waals surface area (Å²) in [6.07, 6.45) is 2.80. The zero-order valence-electron chi connectivity index (χ0n) is 21.4. The number of hydrogen-bond acceptors (Lipinski definition) is 5. The van der Waals surface area contributed by atoms with E-state index in [4.69, 9.17) is 21.1 Å². The smallest absolute Gasteiger partial charge is 0.225 e. The predicted molar refractivity (Wildman–Crippen MR) is 148 cm³/mol. The molecule has 0 saturated carbocycles. The number of nitrogens with one attached hydrogen (secondary N) is 1. The number of rotatable bonds is 9. The SMILES string of the molecule is O=C(NC(Cc1ccc(OC2COC2)c(Cl)c1)CN1CCC1)[C@@H]1CCN(c2ccc3cc(F)ccc3c2)C1. The van der Waals surface area contributed by atoms with Gasteiger partial charge in [-0.05, 0) is 85.1 Å². The fourth-order valence-corrected chi connectivity index (χ4v) is 5.73. The Morgan fingerprint density at radius 2 is 1.89 bits per heavy atom. The highest BCUT2D eigenvalue weighted by molar-refractivity contribution is 6.32. The average molecular weight is 538 g/mol. The first-order valence-corrected chi connectivity index (χ1v) is 13.9. The van der Waals surface area contributed by atoms with Crippen LogP contribution in [0.25, 0.3) is 10.8 Å². The molecule has 3 aliphatic rings. The maximum absolute atomic E-state index is 13.5. The number of carbonyl (C=O) groups excluding carboxylic acids is 1. The Bertz CT molecular complexity index is 1310. The van der Waals surface area contributed by atoms with Gasteiger partial charge in [0.2, 0.25) is 5.91 Å². The van der Waals surface area contributed by atoms with Gasteiger partial charge in [0.05, 0.1) is 24.2 Å². The summed E-state index contributed by atoms with van der Waals surface area (Å²) >= 11 is 6.52. The van der Waals surface area contributed by atoms with E-state index >= 15 is 0 Å². The molecular formula is C30H33ClFN3O3. The van der Waals surface area contributed by atoms with Crippen molar-refractivity contribution in [2.24, 2.45) is 5.92 Å². The highest BCUT2D eigenvalue weighted by Crippen LogP contribution is 2.30. The van der Waals surface area contributed by atoms with Crippen LogP contribution in [0.15, 0.2) is 54.6 Å². The van der Waals surface area contributed by atoms with E-state index in [2.05, 4.69) is 21.2 Å². The maximum atomic E-state index is 13.5. The summed E-state index contributed by atoms with van der Waals surface area (Å²) in [6, 6.07) is 16.8. The fraction of sp³-hybridized carbons (Fsp3) is 0.433. The molecule has 0 bridgehead atoms. The van der Waals surface area contributed by atoms with Crippen LogP contribution in [0.2, 0.25) is 5.02 Å². The first-order chi connectivity index (χ1) is 18.5. The largest absolute Gasteiger partial charge is 0.484 e. The second kappa shape index (κ2) is 11.1. The highest BCUT2D eigenvalue weighted by Gasteiger charge is 2.31. The molecule has 2 atom stereocenters. The van der Waals surface area contributed by atoms with Crippen molar-refractivity contribution in [2.45, 2.75) is 31.4 Å². The van der Waals surface area contributed by atoms with Crippen LogP contribution in [-0.4, -0.2) is 68.9 Å². The van der Waals surface area contributed by atoms with Gasteiger partial charge in [-0.3, -0.25) is 4.79 Å². The number of benzene rings is 3. The lowest BCUT2D eigenvalue weighted by Crippen LogP contribution is -2.50. The number of nitrogens with zero attached hydrogens (tertiary/aromatic N) is 2. The van der Waals surface area contributed by atoms with Crippen LogP contribution in [0.1, 0.15) is 18.4 Å². The third-order valence-corrected chi connectivity index (χ3v) is 8.16. The summed E-state index contributed by atoms with van der Waals surface area (Å²) < 4.78 is 24.6. The van der Waals surface area contributed by atoms with Crippen LogP contribution < -0.4 is 15.0 Å². The van der Waals surface area contributed by atoms with Gasteiger partial charge < -0.3 is 24.6 Å². The number of likely N-dealkylation sites (tertiary alicyclic amines) is 1. The van der Waals surface area contributed by atoms with Crippen molar-refractivity contribution in [3.05, 3.63) is 71.0 Å². The fourth-order valence-electron chi connectivity index (χ4n) is 5.48. The van der Waals surface area contributed by atoms with Gasteiger partial charge >= 0.3 is 0 Å². The van der Waals surface area contributed by atoms with Crippen LogP contribution >= 0.6 is 11.6 Å². The number of carbonyl (C=O) groups is 1. The number of hydrogen-bond donors (Lipinski definition) is 1. The quantitative estimate of drug-likeness (QED) is 0.430. The molecule has 0 radical (unpaired) electrons. The molecule has 1 amide bonds. The summed E-state index contributed by atoms with van der Waals surface area (Å²) in [7, 11) is 0. The highest BCUT2D eigenvalue weighted by atomic mass is 35.5. The third kappa shape index (κ3) is 5.75. The predicted octanol–water partition coefficient (Wildman–Crippen LogP) is 4.67. The normalized spacial score (nSPS) is 20.7. The molecule has 0 aromatic heterocycles. The lowest BCUT2D eigenvalue weighted by molar-refractivity contribution is -0.125. The first-order valence-electron chi connectivity index (χ1n) is 13.5. The van der Waals surface area contributed by atoms with Gasteiger partial charge in [-0.25, -0.2) is 4.39 Å². The van der Waals surface area contributed by atoms with Crippen molar-refractivity contribution in [2.75, 3.05) is 50.8 Å². The van der Waals surface area contributed by atoms with E-state index in [0.717, 1.165) is 54.6 Å². The van der Waals surface area contributed by atoms with E-state index in [9.17, 15) is 9.18 Å². The van der Waals surface area contributed by atoms with Gasteiger partial charge in [-0.15, -0.1) is 0 Å². The maximum Gasteiger partial charge on any atom is 0.225 e. The number of ether oxygens (including phenoxy) is 2. The van der Waals surface area contributed by atoms with Crippen molar-refractivity contribution in [1.29, 1.82) is 0 Å². The lowest BCUT2D eigenvalue weighted by Gasteiger charge is -2.35. The first kappa shape index (κ1) is 25.4. The number of halogens is 2. The molecule has 3 aliphatic heterocycles. The number of fused-ring (bicyclic) bond motifs is 1. The molecule has 8 heteroatoms. The van der Waals surface area contributed by atoms with E-state index < -0.39 is 0 Å². The zero-order valence-corrected chi connectivity index (χ0v) is 22.1. The Hall–Kier alpha value is -2.87. The summed E-state index contributed by atoms with van der Waals surface area (Å²) in [5.41, 5.74) is 2.15. The van der Waals surface area contributed by atoms with Crippen molar-refractivity contribution in [3.8, 4) is 5.75 Å². The van der Waals surface area contributed by atoms with Gasteiger partial charge in [-0.1, -0.05) is 29.8 Å². The van der Waals surface area contributed by atoms with Gasteiger partial charge in [-0.2, -0.15) is 0 Å². The van der Waals surface area contributed by atoms with Crippen molar-refractivity contribution >= 4 is 34.0 Å². The minimum Gasteiger partial charge on any atom is -0.484 e. The Labute approximate surface area is 227 Å². The van der Waals surface area contributed by atoms with Gasteiger partial charge in [0.1, 0.15) is 17.7 Å². The Morgan fingerprint density at radius 1 is 1.08 bits per heavy atom. The van der Waals surface area contributed by atoms with E-state index in [1.807, 2.05) is 36.4 Å². The Kier molecular flexibility index (Phi) is 7.41. The third-order valence-electron chi connectivity index (χ3n) is 7.86. The Balaban J connectivity index is 1.09. The molecule has 6 rings (SSSR count). The summed E-state index contributed by atoms with van der Waals surface area (Å²) in [5, 5.41) is 5.83. The molecule has 38 heavy (non-hydrogen) atoms. The molecule has 3 saturated heterocycles. The molecule has 3 aromatic carbocycles. The van der Waals surface area contributed by atoms with E-state index in [1.54, 1.807) is 6.07 Å². The molecule has 3 fully saturated rings. The second-order valence-electron chi connectivity index (χ2n) is 10.7. The Morgan fingerprint density at radius 3 is 2.63 bits per heavy atom. The van der Waals surface area contributed by atoms with Crippen LogP contribution in [0.5, 0.6) is 5.75 Å². The van der Waals surface area contributed by atoms with Crippen molar-refractivity contribution < 1.29 is 18.7 Å². The zero-order chi connectivity index (χ0) is 26.1. The minimum absolute atomic E-state index is 0.00952. The summed E-state index contributed by atoms with van der Waals surface area (Å²) in [4.78, 5) is 18.0. The molecule has 1 unspecified atom stereocenters. The lowest BCUT2D eigenvalue weighted by atomic mass is 10.0. The molecule has 6 nitrogen and oxygen atoms in total. The molecule has 200 valence electrons. The topological polar surface area (TPSA) is 54.0 Å². The standard InChI is InChI=1S/C30H33ClFN3O3/c31-28-13-20(2-7-29(28)38-27-18-37-19-27)12-25(17-34-9-1-10-34)33-30(36)23-8-11-35(16-23)26-6-4-21-14-24(32)5-3-22(21)15-26/h2-7,13-15,23,25,27H,1,8-12,16-19H2,(H,33,36)/t23-,25?/m1/s1. The number of amides is 1. The molecular weight excluding hydrogens is 505 g/mol. The average Bonchev–Trinajstić information content (AvgIpc) is 3.35. The van der Waals surface area contributed by atoms with Crippen LogP contribution in [0.4, 0.5) is 10.1 Å². The monoisotopic (exact) mass is 537 g/mol. The van der Waals surface area contributed by atoms with Crippen molar-refractivity contribution in [1.82, 2.24) is 10.2 Å². The van der Waals surface area contributed by atoms with Crippen LogP contribution in [0, 0.1) is 11.7 Å². The molecule has 0 aliphatic carbocycles. The molecule has 3 aromatic rings. The van der Waals surface area contributed by atoms with Crippen molar-refractivity contribution in [3.63, 3.8) is 0 Å². The van der Waals surface area contributed by atoms with Crippen LogP contribution in [-0.2, 0) is 16.0 Å². The summed E-state index contributed by atoms with van der Waals surface area (Å²) in [6.45, 7) is 5.68. The molecule has 3 heterocycles. The molecule has 0 spiro atoms. The van der Waals surface area contributed by atoms with Gasteiger partial charge in [0.25, 0.3) is 0 Å². The van der Waals surface area contributed by atoms with E-state index in [-0.39, 0.29) is 29.8 Å².